The molecule has 1 atom stereocenters. The van der Waals surface area contributed by atoms with Gasteiger partial charge in [-0.3, -0.25) is 4.79 Å². The van der Waals surface area contributed by atoms with E-state index in [1.54, 1.807) is 17.0 Å². The summed E-state index contributed by atoms with van der Waals surface area (Å²) in [5.41, 5.74) is 0.0560. The van der Waals surface area contributed by atoms with Gasteiger partial charge in [-0.15, -0.1) is 11.3 Å². The minimum Gasteiger partial charge on any atom is -0.350 e. The van der Waals surface area contributed by atoms with Crippen molar-refractivity contribution in [2.24, 2.45) is 0 Å². The fraction of sp³-hybridized carbons (Fsp3) is 0.391. The first-order valence-electron chi connectivity index (χ1n) is 11.0. The fourth-order valence-electron chi connectivity index (χ4n) is 3.98. The van der Waals surface area contributed by atoms with Crippen LogP contribution in [-0.2, 0) is 6.18 Å². The number of hydrogen-bond donors (Lipinski definition) is 1. The number of hydrogen-bond acceptors (Lipinski definition) is 6. The van der Waals surface area contributed by atoms with Gasteiger partial charge in [0.25, 0.3) is 5.91 Å². The van der Waals surface area contributed by atoms with Crippen molar-refractivity contribution in [3.63, 3.8) is 0 Å². The molecule has 2 aliphatic rings. The maximum atomic E-state index is 13.5. The number of carbonyl (C=O) groups is 1. The lowest BCUT2D eigenvalue weighted by Crippen LogP contribution is -2.45. The van der Waals surface area contributed by atoms with E-state index in [4.69, 9.17) is 0 Å². The summed E-state index contributed by atoms with van der Waals surface area (Å²) in [7, 11) is 0. The molecule has 3 aromatic rings. The molecule has 0 spiro atoms. The molecule has 34 heavy (non-hydrogen) atoms. The number of halogens is 4. The van der Waals surface area contributed by atoms with Crippen molar-refractivity contribution in [2.45, 2.75) is 43.8 Å². The molecular weight excluding hydrogens is 470 g/mol. The molecule has 1 amide bonds. The Bertz CT molecular complexity index is 1190. The van der Waals surface area contributed by atoms with Crippen molar-refractivity contribution in [2.75, 3.05) is 18.4 Å². The molecule has 11 heteroatoms. The number of carbonyl (C=O) groups excluding carboxylic acids is 1. The first kappa shape index (κ1) is 22.7. The Morgan fingerprint density at radius 2 is 1.85 bits per heavy atom. The number of nitrogens with zero attached hydrogens (tertiary/aromatic N) is 4. The smallest absolute Gasteiger partial charge is 0.350 e. The van der Waals surface area contributed by atoms with E-state index in [-0.39, 0.29) is 30.3 Å². The number of rotatable bonds is 5. The summed E-state index contributed by atoms with van der Waals surface area (Å²) in [6.07, 6.45) is -0.0814. The predicted molar refractivity (Wildman–Crippen MR) is 119 cm³/mol. The molecule has 1 unspecified atom stereocenters. The summed E-state index contributed by atoms with van der Waals surface area (Å²) in [6, 6.07) is 6.52. The van der Waals surface area contributed by atoms with Crippen molar-refractivity contribution >= 4 is 23.2 Å². The number of piperidine rings is 1. The van der Waals surface area contributed by atoms with Crippen molar-refractivity contribution < 1.29 is 22.4 Å². The molecule has 178 valence electrons. The van der Waals surface area contributed by atoms with Gasteiger partial charge in [0, 0.05) is 31.2 Å². The van der Waals surface area contributed by atoms with Gasteiger partial charge < -0.3 is 10.2 Å². The number of alkyl halides is 3. The predicted octanol–water partition coefficient (Wildman–Crippen LogP) is 5.35. The van der Waals surface area contributed by atoms with Crippen LogP contribution < -0.4 is 5.32 Å². The van der Waals surface area contributed by atoms with E-state index in [2.05, 4.69) is 20.3 Å². The van der Waals surface area contributed by atoms with E-state index in [0.29, 0.717) is 35.9 Å². The lowest BCUT2D eigenvalue weighted by Gasteiger charge is -2.33. The molecule has 2 fully saturated rings. The maximum Gasteiger partial charge on any atom is 0.433 e. The molecule has 1 N–H and O–H groups in total. The van der Waals surface area contributed by atoms with Gasteiger partial charge in [-0.2, -0.15) is 13.2 Å². The second-order valence-corrected chi connectivity index (χ2v) is 9.54. The number of thiazole rings is 1. The minimum absolute atomic E-state index is 0.120. The SMILES string of the molecule is O=C(c1nc(C2CC2)sc1-c1ccc(F)cc1)N1CCCC(Nc2nccc(C(F)(F)F)n2)C1. The minimum atomic E-state index is -4.56. The summed E-state index contributed by atoms with van der Waals surface area (Å²) in [5.74, 6) is -0.352. The highest BCUT2D eigenvalue weighted by molar-refractivity contribution is 7.15. The monoisotopic (exact) mass is 491 g/mol. The summed E-state index contributed by atoms with van der Waals surface area (Å²) in [6.45, 7) is 0.803. The molecule has 1 aliphatic carbocycles. The molecule has 1 aliphatic heterocycles. The van der Waals surface area contributed by atoms with Crippen molar-refractivity contribution in [1.29, 1.82) is 0 Å². The summed E-state index contributed by atoms with van der Waals surface area (Å²) in [5, 5.41) is 3.85. The van der Waals surface area contributed by atoms with Gasteiger partial charge in [-0.1, -0.05) is 12.1 Å². The maximum absolute atomic E-state index is 13.5. The number of amides is 1. The lowest BCUT2D eigenvalue weighted by atomic mass is 10.0. The number of aromatic nitrogens is 3. The standard InChI is InChI=1S/C23H21F4N5OS/c24-15-7-5-13(6-8-15)19-18(31-20(34-19)14-3-4-14)21(33)32-11-1-2-16(12-32)29-22-28-10-9-17(30-22)23(25,26)27/h5-10,14,16H,1-4,11-12H2,(H,28,29,30). The third-order valence-corrected chi connectivity index (χ3v) is 7.13. The third-order valence-electron chi connectivity index (χ3n) is 5.87. The zero-order valence-electron chi connectivity index (χ0n) is 18.0. The molecular formula is C23H21F4N5OS. The van der Waals surface area contributed by atoms with Crippen molar-refractivity contribution in [3.05, 3.63) is 58.7 Å². The van der Waals surface area contributed by atoms with Crippen LogP contribution in [0.4, 0.5) is 23.5 Å². The van der Waals surface area contributed by atoms with Crippen molar-refractivity contribution in [1.82, 2.24) is 19.9 Å². The van der Waals surface area contributed by atoms with Crippen LogP contribution in [0.15, 0.2) is 36.5 Å². The number of anilines is 1. The quantitative estimate of drug-likeness (QED) is 0.487. The van der Waals surface area contributed by atoms with Crippen LogP contribution in [0.2, 0.25) is 0 Å². The molecule has 2 aromatic heterocycles. The zero-order chi connectivity index (χ0) is 23.9. The van der Waals surface area contributed by atoms with E-state index in [9.17, 15) is 22.4 Å². The number of benzene rings is 1. The third kappa shape index (κ3) is 4.89. The van der Waals surface area contributed by atoms with E-state index in [1.807, 2.05) is 0 Å². The van der Waals surface area contributed by atoms with Gasteiger partial charge in [0.15, 0.2) is 0 Å². The van der Waals surface area contributed by atoms with Crippen LogP contribution in [0.3, 0.4) is 0 Å². The van der Waals surface area contributed by atoms with Crippen LogP contribution >= 0.6 is 11.3 Å². The van der Waals surface area contributed by atoms with Gasteiger partial charge in [-0.25, -0.2) is 19.3 Å². The molecule has 1 saturated carbocycles. The van der Waals surface area contributed by atoms with E-state index in [0.717, 1.165) is 35.7 Å². The average molecular weight is 492 g/mol. The van der Waals surface area contributed by atoms with E-state index < -0.39 is 11.9 Å². The molecule has 1 saturated heterocycles. The highest BCUT2D eigenvalue weighted by Crippen LogP contribution is 2.45. The van der Waals surface area contributed by atoms with E-state index >= 15 is 0 Å². The normalized spacial score (nSPS) is 18.7. The molecule has 5 rings (SSSR count). The Kier molecular flexibility index (Phi) is 5.97. The zero-order valence-corrected chi connectivity index (χ0v) is 18.8. The second kappa shape index (κ2) is 8.94. The summed E-state index contributed by atoms with van der Waals surface area (Å²) in [4.78, 5) is 28.0. The highest BCUT2D eigenvalue weighted by Gasteiger charge is 2.35. The first-order valence-corrected chi connectivity index (χ1v) is 11.8. The Morgan fingerprint density at radius 3 is 2.56 bits per heavy atom. The van der Waals surface area contributed by atoms with Crippen LogP contribution in [0, 0.1) is 5.82 Å². The van der Waals surface area contributed by atoms with E-state index in [1.165, 1.54) is 23.5 Å². The Labute approximate surface area is 197 Å². The van der Waals surface area contributed by atoms with Crippen LogP contribution in [0.1, 0.15) is 52.8 Å². The van der Waals surface area contributed by atoms with Gasteiger partial charge in [-0.05, 0) is 49.4 Å². The van der Waals surface area contributed by atoms with Crippen molar-refractivity contribution in [3.8, 4) is 10.4 Å². The Morgan fingerprint density at radius 1 is 1.09 bits per heavy atom. The lowest BCUT2D eigenvalue weighted by molar-refractivity contribution is -0.141. The topological polar surface area (TPSA) is 71.0 Å². The highest BCUT2D eigenvalue weighted by atomic mass is 32.1. The first-order chi connectivity index (χ1) is 16.3. The Balaban J connectivity index is 1.35. The van der Waals surface area contributed by atoms with Crippen LogP contribution in [0.5, 0.6) is 0 Å². The van der Waals surface area contributed by atoms with Gasteiger partial charge in [0.05, 0.1) is 9.88 Å². The number of nitrogens with one attached hydrogen (secondary N) is 1. The fourth-order valence-corrected chi connectivity index (χ4v) is 5.21. The molecule has 0 radical (unpaired) electrons. The second-order valence-electron chi connectivity index (χ2n) is 8.51. The van der Waals surface area contributed by atoms with Gasteiger partial charge in [0.2, 0.25) is 5.95 Å². The van der Waals surface area contributed by atoms with Crippen LogP contribution in [-0.4, -0.2) is 44.9 Å². The van der Waals surface area contributed by atoms with Gasteiger partial charge in [0.1, 0.15) is 17.2 Å². The van der Waals surface area contributed by atoms with Gasteiger partial charge >= 0.3 is 6.18 Å². The average Bonchev–Trinajstić information content (AvgIpc) is 3.58. The molecule has 0 bridgehead atoms. The Hall–Kier alpha value is -3.08. The molecule has 1 aromatic carbocycles. The number of likely N-dealkylation sites (tertiary alicyclic amines) is 1. The summed E-state index contributed by atoms with van der Waals surface area (Å²) >= 11 is 1.47. The van der Waals surface area contributed by atoms with Crippen LogP contribution in [0.25, 0.3) is 10.4 Å². The molecule has 6 nitrogen and oxygen atoms in total. The largest absolute Gasteiger partial charge is 0.433 e. The molecule has 3 heterocycles. The summed E-state index contributed by atoms with van der Waals surface area (Å²) < 4.78 is 52.3.